The minimum atomic E-state index is -0.184. The van der Waals surface area contributed by atoms with Gasteiger partial charge in [0.05, 0.1) is 0 Å². The van der Waals surface area contributed by atoms with Gasteiger partial charge in [0.25, 0.3) is 0 Å². The van der Waals surface area contributed by atoms with Crippen molar-refractivity contribution < 1.29 is 9.18 Å². The Morgan fingerprint density at radius 2 is 1.57 bits per heavy atom. The Kier molecular flexibility index (Phi) is 2.99. The number of hydrogen-bond donors (Lipinski definition) is 0. The van der Waals surface area contributed by atoms with Crippen LogP contribution in [0, 0.1) is 35.4 Å². The van der Waals surface area contributed by atoms with E-state index in [4.69, 9.17) is 0 Å². The quantitative estimate of drug-likeness (QED) is 0.755. The first kappa shape index (κ1) is 13.5. The van der Waals surface area contributed by atoms with E-state index in [-0.39, 0.29) is 17.2 Å². The zero-order valence-electron chi connectivity index (χ0n) is 12.6. The summed E-state index contributed by atoms with van der Waals surface area (Å²) in [4.78, 5) is 11.7. The van der Waals surface area contributed by atoms with Gasteiger partial charge in [0, 0.05) is 11.3 Å². The van der Waals surface area contributed by atoms with Crippen LogP contribution in [0.5, 0.6) is 0 Å². The number of hydrogen-bond acceptors (Lipinski definition) is 1. The van der Waals surface area contributed by atoms with Crippen LogP contribution >= 0.6 is 0 Å². The summed E-state index contributed by atoms with van der Waals surface area (Å²) in [7, 11) is 0. The van der Waals surface area contributed by atoms with Gasteiger partial charge in [0.1, 0.15) is 12.1 Å². The van der Waals surface area contributed by atoms with Gasteiger partial charge in [0.15, 0.2) is 0 Å². The molecule has 0 aliphatic heterocycles. The van der Waals surface area contributed by atoms with Crippen molar-refractivity contribution in [2.75, 3.05) is 0 Å². The van der Waals surface area contributed by atoms with Gasteiger partial charge < -0.3 is 4.79 Å². The molecule has 1 aromatic rings. The molecule has 4 aliphatic carbocycles. The largest absolute Gasteiger partial charge is 0.303 e. The van der Waals surface area contributed by atoms with Crippen LogP contribution in [0.15, 0.2) is 24.3 Å². The van der Waals surface area contributed by atoms with Crippen LogP contribution in [0.3, 0.4) is 0 Å². The molecule has 0 amide bonds. The molecule has 0 saturated heterocycles. The van der Waals surface area contributed by atoms with Gasteiger partial charge in [-0.2, -0.15) is 0 Å². The molecule has 21 heavy (non-hydrogen) atoms. The van der Waals surface area contributed by atoms with Crippen molar-refractivity contribution in [1.29, 1.82) is 0 Å². The van der Waals surface area contributed by atoms with Crippen molar-refractivity contribution in [3.8, 4) is 0 Å². The van der Waals surface area contributed by atoms with E-state index in [0.29, 0.717) is 11.8 Å². The van der Waals surface area contributed by atoms with E-state index in [1.165, 1.54) is 37.7 Å². The third kappa shape index (κ3) is 1.77. The monoisotopic (exact) mass is 286 g/mol. The van der Waals surface area contributed by atoms with Crippen LogP contribution in [0.2, 0.25) is 0 Å². The maximum Gasteiger partial charge on any atom is 0.123 e. The SMILES string of the molecule is CC(C=O)C1(c2ccc(F)cc2)C2CC3CC(C2)CC1C3. The predicted molar refractivity (Wildman–Crippen MR) is 80.4 cm³/mol. The van der Waals surface area contributed by atoms with E-state index < -0.39 is 0 Å². The Balaban J connectivity index is 1.85. The maximum absolute atomic E-state index is 13.4. The maximum atomic E-state index is 13.4. The molecular weight excluding hydrogens is 263 g/mol. The fourth-order valence-corrected chi connectivity index (χ4v) is 6.29. The van der Waals surface area contributed by atoms with E-state index in [1.807, 2.05) is 12.1 Å². The second-order valence-corrected chi connectivity index (χ2v) is 7.67. The highest BCUT2D eigenvalue weighted by Crippen LogP contribution is 2.65. The molecule has 4 saturated carbocycles. The van der Waals surface area contributed by atoms with E-state index in [0.717, 1.165) is 18.1 Å². The summed E-state index contributed by atoms with van der Waals surface area (Å²) in [5.41, 5.74) is 1.17. The topological polar surface area (TPSA) is 17.1 Å². The van der Waals surface area contributed by atoms with Crippen molar-refractivity contribution in [3.05, 3.63) is 35.6 Å². The lowest BCUT2D eigenvalue weighted by Crippen LogP contribution is -2.58. The van der Waals surface area contributed by atoms with Crippen molar-refractivity contribution in [3.63, 3.8) is 0 Å². The molecule has 0 aromatic heterocycles. The van der Waals surface area contributed by atoms with E-state index in [9.17, 15) is 9.18 Å². The Bertz CT molecular complexity index is 519. The molecule has 1 aromatic carbocycles. The lowest BCUT2D eigenvalue weighted by molar-refractivity contribution is -0.124. The Morgan fingerprint density at radius 3 is 2.05 bits per heavy atom. The Morgan fingerprint density at radius 1 is 1.05 bits per heavy atom. The highest BCUT2D eigenvalue weighted by molar-refractivity contribution is 5.58. The molecule has 4 bridgehead atoms. The first-order chi connectivity index (χ1) is 10.1. The van der Waals surface area contributed by atoms with Gasteiger partial charge in [-0.15, -0.1) is 0 Å². The lowest BCUT2D eigenvalue weighted by atomic mass is 9.41. The molecule has 5 rings (SSSR count). The van der Waals surface area contributed by atoms with Crippen LogP contribution < -0.4 is 0 Å². The summed E-state index contributed by atoms with van der Waals surface area (Å²) in [6.07, 6.45) is 7.61. The normalized spacial score (nSPS) is 42.0. The minimum absolute atomic E-state index is 0.0259. The lowest BCUT2D eigenvalue weighted by Gasteiger charge is -2.63. The molecule has 1 nitrogen and oxygen atoms in total. The molecule has 1 unspecified atom stereocenters. The fourth-order valence-electron chi connectivity index (χ4n) is 6.29. The summed E-state index contributed by atoms with van der Waals surface area (Å²) in [6, 6.07) is 7.02. The molecule has 4 fully saturated rings. The Hall–Kier alpha value is -1.18. The smallest absolute Gasteiger partial charge is 0.123 e. The zero-order valence-corrected chi connectivity index (χ0v) is 12.6. The van der Waals surface area contributed by atoms with Gasteiger partial charge in [-0.25, -0.2) is 4.39 Å². The van der Waals surface area contributed by atoms with Gasteiger partial charge in [-0.05, 0) is 73.5 Å². The molecule has 0 heterocycles. The molecule has 0 N–H and O–H groups in total. The van der Waals surface area contributed by atoms with Crippen molar-refractivity contribution in [1.82, 2.24) is 0 Å². The number of benzene rings is 1. The highest BCUT2D eigenvalue weighted by atomic mass is 19.1. The number of carbonyl (C=O) groups is 1. The standard InChI is InChI=1S/C19H23FO/c1-12(11-21)19(15-2-4-18(20)5-3-15)16-7-13-6-14(9-16)10-17(19)8-13/h2-5,11-14,16-17H,6-10H2,1H3. The third-order valence-corrected chi connectivity index (χ3v) is 6.79. The summed E-state index contributed by atoms with van der Waals surface area (Å²) in [5.74, 6) is 2.81. The van der Waals surface area contributed by atoms with Gasteiger partial charge >= 0.3 is 0 Å². The highest BCUT2D eigenvalue weighted by Gasteiger charge is 2.59. The zero-order chi connectivity index (χ0) is 14.6. The first-order valence-electron chi connectivity index (χ1n) is 8.36. The molecule has 112 valence electrons. The second-order valence-electron chi connectivity index (χ2n) is 7.67. The predicted octanol–water partition coefficient (Wildman–Crippen LogP) is 4.35. The molecule has 2 heteroatoms. The van der Waals surface area contributed by atoms with E-state index in [2.05, 4.69) is 6.92 Å². The van der Waals surface area contributed by atoms with Gasteiger partial charge in [-0.3, -0.25) is 0 Å². The van der Waals surface area contributed by atoms with Crippen LogP contribution in [-0.4, -0.2) is 6.29 Å². The summed E-state index contributed by atoms with van der Waals surface area (Å²) >= 11 is 0. The number of carbonyl (C=O) groups excluding carboxylic acids is 1. The van der Waals surface area contributed by atoms with Crippen molar-refractivity contribution in [2.45, 2.75) is 44.4 Å². The van der Waals surface area contributed by atoms with Crippen LogP contribution in [0.25, 0.3) is 0 Å². The van der Waals surface area contributed by atoms with Crippen molar-refractivity contribution >= 4 is 6.29 Å². The van der Waals surface area contributed by atoms with Gasteiger partial charge in [0.2, 0.25) is 0 Å². The van der Waals surface area contributed by atoms with Crippen LogP contribution in [-0.2, 0) is 10.2 Å². The number of rotatable bonds is 3. The summed E-state index contributed by atoms with van der Waals surface area (Å²) in [5, 5.41) is 0. The average molecular weight is 286 g/mol. The summed E-state index contributed by atoms with van der Waals surface area (Å²) in [6.45, 7) is 2.08. The van der Waals surface area contributed by atoms with Gasteiger partial charge in [-0.1, -0.05) is 19.1 Å². The number of aldehydes is 1. The number of halogens is 1. The molecule has 0 radical (unpaired) electrons. The van der Waals surface area contributed by atoms with E-state index in [1.54, 1.807) is 12.1 Å². The third-order valence-electron chi connectivity index (χ3n) is 6.79. The molecule has 4 aliphatic rings. The molecular formula is C19H23FO. The van der Waals surface area contributed by atoms with Crippen molar-refractivity contribution in [2.24, 2.45) is 29.6 Å². The average Bonchev–Trinajstić information content (AvgIpc) is 2.48. The van der Waals surface area contributed by atoms with Crippen LogP contribution in [0.4, 0.5) is 4.39 Å². The second kappa shape index (κ2) is 4.66. The summed E-state index contributed by atoms with van der Waals surface area (Å²) < 4.78 is 13.4. The minimum Gasteiger partial charge on any atom is -0.303 e. The molecule has 1 atom stereocenters. The Labute approximate surface area is 125 Å². The first-order valence-corrected chi connectivity index (χ1v) is 8.36. The fraction of sp³-hybridized carbons (Fsp3) is 0.632. The van der Waals surface area contributed by atoms with Crippen LogP contribution in [0.1, 0.15) is 44.6 Å². The molecule has 0 spiro atoms. The van der Waals surface area contributed by atoms with E-state index >= 15 is 0 Å².